The van der Waals surface area contributed by atoms with Crippen LogP contribution in [0.3, 0.4) is 0 Å². The van der Waals surface area contributed by atoms with Crippen molar-refractivity contribution in [2.75, 3.05) is 19.8 Å². The number of hydrogen-bond acceptors (Lipinski definition) is 2. The normalized spacial score (nSPS) is 10.5. The van der Waals surface area contributed by atoms with E-state index < -0.39 is 0 Å². The molecule has 1 rings (SSSR count). The molecular formula is C12H17ClO2. The molecule has 84 valence electrons. The summed E-state index contributed by atoms with van der Waals surface area (Å²) in [6.45, 7) is 4.66. The molecule has 0 saturated carbocycles. The quantitative estimate of drug-likeness (QED) is 0.528. The molecule has 0 fully saturated rings. The zero-order valence-electron chi connectivity index (χ0n) is 9.04. The Hall–Kier alpha value is -0.570. The smallest absolute Gasteiger partial charge is 0.0718 e. The molecule has 1 aromatic carbocycles. The van der Waals surface area contributed by atoms with Crippen molar-refractivity contribution < 1.29 is 9.47 Å². The van der Waals surface area contributed by atoms with E-state index in [1.54, 1.807) is 0 Å². The maximum Gasteiger partial charge on any atom is 0.0718 e. The van der Waals surface area contributed by atoms with Gasteiger partial charge in [0.2, 0.25) is 0 Å². The molecule has 0 radical (unpaired) electrons. The molecule has 0 amide bonds. The lowest BCUT2D eigenvalue weighted by Gasteiger charge is -2.05. The van der Waals surface area contributed by atoms with Gasteiger partial charge in [-0.25, -0.2) is 0 Å². The molecule has 0 saturated heterocycles. The van der Waals surface area contributed by atoms with Crippen LogP contribution >= 0.6 is 11.6 Å². The second-order valence-electron chi connectivity index (χ2n) is 3.20. The fraction of sp³-hybridized carbons (Fsp3) is 0.500. The Kier molecular flexibility index (Phi) is 6.41. The molecule has 0 unspecified atom stereocenters. The lowest BCUT2D eigenvalue weighted by Crippen LogP contribution is -2.03. The molecule has 0 aliphatic rings. The predicted octanol–water partition coefficient (Wildman–Crippen LogP) is 2.98. The van der Waals surface area contributed by atoms with Crippen molar-refractivity contribution in [2.24, 2.45) is 0 Å². The van der Waals surface area contributed by atoms with Gasteiger partial charge < -0.3 is 9.47 Å². The zero-order chi connectivity index (χ0) is 10.9. The summed E-state index contributed by atoms with van der Waals surface area (Å²) in [6.07, 6.45) is 0. The monoisotopic (exact) mass is 228 g/mol. The van der Waals surface area contributed by atoms with E-state index in [4.69, 9.17) is 21.1 Å². The maximum atomic E-state index is 5.69. The van der Waals surface area contributed by atoms with E-state index in [9.17, 15) is 0 Å². The van der Waals surface area contributed by atoms with E-state index in [0.29, 0.717) is 25.7 Å². The van der Waals surface area contributed by atoms with Crippen LogP contribution in [0.1, 0.15) is 18.1 Å². The second-order valence-corrected chi connectivity index (χ2v) is 3.47. The van der Waals surface area contributed by atoms with Gasteiger partial charge in [-0.05, 0) is 18.1 Å². The first-order valence-electron chi connectivity index (χ1n) is 5.16. The van der Waals surface area contributed by atoms with Gasteiger partial charge in [0.1, 0.15) is 0 Å². The van der Waals surface area contributed by atoms with Gasteiger partial charge >= 0.3 is 0 Å². The third kappa shape index (κ3) is 5.17. The molecule has 0 spiro atoms. The Morgan fingerprint density at radius 2 is 1.60 bits per heavy atom. The van der Waals surface area contributed by atoms with Gasteiger partial charge in [0.05, 0.1) is 19.8 Å². The molecule has 15 heavy (non-hydrogen) atoms. The third-order valence-electron chi connectivity index (χ3n) is 2.02. The Morgan fingerprint density at radius 1 is 1.00 bits per heavy atom. The van der Waals surface area contributed by atoms with E-state index in [2.05, 4.69) is 0 Å². The van der Waals surface area contributed by atoms with E-state index in [-0.39, 0.29) is 0 Å². The number of hydrogen-bond donors (Lipinski definition) is 0. The van der Waals surface area contributed by atoms with Crippen LogP contribution in [0.2, 0.25) is 0 Å². The highest BCUT2D eigenvalue weighted by Crippen LogP contribution is 2.07. The van der Waals surface area contributed by atoms with Crippen molar-refractivity contribution >= 4 is 11.6 Å². The minimum Gasteiger partial charge on any atom is -0.379 e. The summed E-state index contributed by atoms with van der Waals surface area (Å²) < 4.78 is 10.6. The predicted molar refractivity (Wildman–Crippen MR) is 62.1 cm³/mol. The summed E-state index contributed by atoms with van der Waals surface area (Å²) in [7, 11) is 0. The average Bonchev–Trinajstić information content (AvgIpc) is 2.30. The summed E-state index contributed by atoms with van der Waals surface area (Å²) >= 11 is 5.69. The van der Waals surface area contributed by atoms with Crippen LogP contribution in [0.4, 0.5) is 0 Å². The SMILES string of the molecule is CCOCCOCc1ccc(CCl)cc1. The third-order valence-corrected chi connectivity index (χ3v) is 2.33. The summed E-state index contributed by atoms with van der Waals surface area (Å²) in [5.74, 6) is 0.561. The summed E-state index contributed by atoms with van der Waals surface area (Å²) in [5, 5.41) is 0. The van der Waals surface area contributed by atoms with Gasteiger partial charge in [0, 0.05) is 12.5 Å². The minimum atomic E-state index is 0.561. The van der Waals surface area contributed by atoms with Crippen molar-refractivity contribution in [1.82, 2.24) is 0 Å². The number of benzene rings is 1. The van der Waals surface area contributed by atoms with E-state index in [0.717, 1.165) is 12.2 Å². The van der Waals surface area contributed by atoms with Crippen LogP contribution in [0.15, 0.2) is 24.3 Å². The number of ether oxygens (including phenoxy) is 2. The molecule has 1 aromatic rings. The van der Waals surface area contributed by atoms with E-state index in [1.807, 2.05) is 31.2 Å². The zero-order valence-corrected chi connectivity index (χ0v) is 9.80. The van der Waals surface area contributed by atoms with E-state index in [1.165, 1.54) is 5.56 Å². The molecule has 0 heterocycles. The van der Waals surface area contributed by atoms with Crippen molar-refractivity contribution in [3.63, 3.8) is 0 Å². The van der Waals surface area contributed by atoms with Crippen LogP contribution in [0.25, 0.3) is 0 Å². The molecule has 0 atom stereocenters. The molecule has 0 aliphatic heterocycles. The summed E-state index contributed by atoms with van der Waals surface area (Å²) in [5.41, 5.74) is 2.30. The van der Waals surface area contributed by atoms with Gasteiger partial charge in [-0.2, -0.15) is 0 Å². The average molecular weight is 229 g/mol. The highest BCUT2D eigenvalue weighted by atomic mass is 35.5. The van der Waals surface area contributed by atoms with Crippen molar-refractivity contribution in [1.29, 1.82) is 0 Å². The van der Waals surface area contributed by atoms with E-state index >= 15 is 0 Å². The van der Waals surface area contributed by atoms with Crippen LogP contribution in [-0.4, -0.2) is 19.8 Å². The first kappa shape index (κ1) is 12.5. The van der Waals surface area contributed by atoms with Crippen molar-refractivity contribution in [2.45, 2.75) is 19.4 Å². The van der Waals surface area contributed by atoms with Gasteiger partial charge in [-0.15, -0.1) is 11.6 Å². The van der Waals surface area contributed by atoms with Crippen molar-refractivity contribution in [3.05, 3.63) is 35.4 Å². The maximum absolute atomic E-state index is 5.69. The highest BCUT2D eigenvalue weighted by Gasteiger charge is 1.94. The van der Waals surface area contributed by atoms with Gasteiger partial charge in [0.15, 0.2) is 0 Å². The Labute approximate surface area is 96.2 Å². The summed E-state index contributed by atoms with van der Waals surface area (Å²) in [4.78, 5) is 0. The Morgan fingerprint density at radius 3 is 2.20 bits per heavy atom. The number of halogens is 1. The fourth-order valence-electron chi connectivity index (χ4n) is 1.18. The molecular weight excluding hydrogens is 212 g/mol. The standard InChI is InChI=1S/C12H17ClO2/c1-2-14-7-8-15-10-12-5-3-11(9-13)4-6-12/h3-6H,2,7-10H2,1H3. The van der Waals surface area contributed by atoms with Gasteiger partial charge in [-0.3, -0.25) is 0 Å². The highest BCUT2D eigenvalue weighted by molar-refractivity contribution is 6.17. The topological polar surface area (TPSA) is 18.5 Å². The Bertz CT molecular complexity index is 259. The molecule has 2 nitrogen and oxygen atoms in total. The number of alkyl halides is 1. The molecule has 3 heteroatoms. The number of rotatable bonds is 7. The first-order valence-corrected chi connectivity index (χ1v) is 5.69. The fourth-order valence-corrected chi connectivity index (χ4v) is 1.35. The Balaban J connectivity index is 2.20. The lowest BCUT2D eigenvalue weighted by molar-refractivity contribution is 0.0453. The molecule has 0 aromatic heterocycles. The molecule has 0 N–H and O–H groups in total. The van der Waals surface area contributed by atoms with Crippen LogP contribution in [0, 0.1) is 0 Å². The van der Waals surface area contributed by atoms with Gasteiger partial charge in [0.25, 0.3) is 0 Å². The molecule has 0 aliphatic carbocycles. The minimum absolute atomic E-state index is 0.561. The lowest BCUT2D eigenvalue weighted by atomic mass is 10.2. The molecule has 0 bridgehead atoms. The van der Waals surface area contributed by atoms with Crippen LogP contribution in [-0.2, 0) is 22.0 Å². The summed E-state index contributed by atoms with van der Waals surface area (Å²) in [6, 6.07) is 8.12. The van der Waals surface area contributed by atoms with Crippen molar-refractivity contribution in [3.8, 4) is 0 Å². The largest absolute Gasteiger partial charge is 0.379 e. The first-order chi connectivity index (χ1) is 7.36. The van der Waals surface area contributed by atoms with Crippen LogP contribution < -0.4 is 0 Å². The second kappa shape index (κ2) is 7.69. The van der Waals surface area contributed by atoms with Crippen LogP contribution in [0.5, 0.6) is 0 Å². The van der Waals surface area contributed by atoms with Gasteiger partial charge in [-0.1, -0.05) is 24.3 Å².